The first-order chi connectivity index (χ1) is 12.5. The molecule has 0 aliphatic carbocycles. The molecule has 0 saturated carbocycles. The first-order valence-electron chi connectivity index (χ1n) is 8.90. The third-order valence-electron chi connectivity index (χ3n) is 4.72. The molecule has 1 fully saturated rings. The van der Waals surface area contributed by atoms with Crippen molar-refractivity contribution in [1.29, 1.82) is 0 Å². The van der Waals surface area contributed by atoms with E-state index >= 15 is 0 Å². The van der Waals surface area contributed by atoms with Crippen LogP contribution in [0.1, 0.15) is 24.5 Å². The van der Waals surface area contributed by atoms with E-state index in [0.29, 0.717) is 24.4 Å². The molecule has 5 nitrogen and oxygen atoms in total. The van der Waals surface area contributed by atoms with Gasteiger partial charge in [0, 0.05) is 43.0 Å². The number of nitrogens with zero attached hydrogens (tertiary/aromatic N) is 3. The van der Waals surface area contributed by atoms with Crippen molar-refractivity contribution < 1.29 is 8.42 Å². The average molecular weight is 438 g/mol. The first-order valence-corrected chi connectivity index (χ1v) is 11.1. The fourth-order valence-electron chi connectivity index (χ4n) is 3.31. The number of benzene rings is 1. The summed E-state index contributed by atoms with van der Waals surface area (Å²) in [4.78, 5) is 6.80. The van der Waals surface area contributed by atoms with Crippen molar-refractivity contribution in [3.05, 3.63) is 58.3 Å². The van der Waals surface area contributed by atoms with Gasteiger partial charge in [-0.25, -0.2) is 8.42 Å². The highest BCUT2D eigenvalue weighted by atomic mass is 79.9. The number of pyridine rings is 1. The number of aromatic nitrogens is 1. The van der Waals surface area contributed by atoms with E-state index in [1.807, 2.05) is 25.1 Å². The summed E-state index contributed by atoms with van der Waals surface area (Å²) in [5.41, 5.74) is 2.06. The summed E-state index contributed by atoms with van der Waals surface area (Å²) in [7, 11) is -3.47. The van der Waals surface area contributed by atoms with Crippen molar-refractivity contribution in [2.75, 3.05) is 26.2 Å². The smallest absolute Gasteiger partial charge is 0.243 e. The molecule has 0 spiro atoms. The molecule has 3 rings (SSSR count). The zero-order chi connectivity index (χ0) is 18.6. The summed E-state index contributed by atoms with van der Waals surface area (Å²) in [5.74, 6) is 0. The third kappa shape index (κ3) is 4.52. The van der Waals surface area contributed by atoms with Crippen LogP contribution in [0.25, 0.3) is 0 Å². The van der Waals surface area contributed by atoms with Gasteiger partial charge in [0.25, 0.3) is 0 Å². The highest BCUT2D eigenvalue weighted by Crippen LogP contribution is 2.25. The Kier molecular flexibility index (Phi) is 6.45. The monoisotopic (exact) mass is 437 g/mol. The van der Waals surface area contributed by atoms with Crippen LogP contribution in [0.15, 0.2) is 52.1 Å². The van der Waals surface area contributed by atoms with Gasteiger partial charge in [-0.05, 0) is 60.8 Å². The molecular formula is C19H24BrN3O2S. The predicted octanol–water partition coefficient (Wildman–Crippen LogP) is 3.30. The third-order valence-corrected chi connectivity index (χ3v) is 7.22. The van der Waals surface area contributed by atoms with Crippen LogP contribution in [-0.2, 0) is 23.0 Å². The van der Waals surface area contributed by atoms with Gasteiger partial charge < -0.3 is 0 Å². The van der Waals surface area contributed by atoms with Crippen LogP contribution in [0.5, 0.6) is 0 Å². The lowest BCUT2D eigenvalue weighted by atomic mass is 10.2. The molecular weight excluding hydrogens is 414 g/mol. The lowest BCUT2D eigenvalue weighted by Gasteiger charge is -2.23. The molecule has 1 saturated heterocycles. The largest absolute Gasteiger partial charge is 0.298 e. The van der Waals surface area contributed by atoms with Crippen molar-refractivity contribution in [1.82, 2.24) is 14.2 Å². The second kappa shape index (κ2) is 8.61. The van der Waals surface area contributed by atoms with E-state index in [-0.39, 0.29) is 0 Å². The summed E-state index contributed by atoms with van der Waals surface area (Å²) in [6.45, 7) is 5.53. The zero-order valence-corrected chi connectivity index (χ0v) is 17.3. The molecule has 2 aromatic rings. The van der Waals surface area contributed by atoms with Crippen LogP contribution in [-0.4, -0.2) is 48.8 Å². The Bertz CT molecular complexity index is 843. The molecule has 0 radical (unpaired) electrons. The molecule has 0 bridgehead atoms. The minimum absolute atomic E-state index is 0.436. The summed E-state index contributed by atoms with van der Waals surface area (Å²) >= 11 is 3.43. The lowest BCUT2D eigenvalue weighted by molar-refractivity contribution is 0.278. The van der Waals surface area contributed by atoms with Crippen LogP contribution >= 0.6 is 15.9 Å². The molecule has 1 aliphatic heterocycles. The maximum Gasteiger partial charge on any atom is 0.243 e. The van der Waals surface area contributed by atoms with Gasteiger partial charge >= 0.3 is 0 Å². The van der Waals surface area contributed by atoms with E-state index in [9.17, 15) is 8.42 Å². The van der Waals surface area contributed by atoms with E-state index in [0.717, 1.165) is 36.1 Å². The zero-order valence-electron chi connectivity index (χ0n) is 14.9. The Hall–Kier alpha value is -1.28. The average Bonchev–Trinajstić information content (AvgIpc) is 2.88. The number of halogens is 1. The van der Waals surface area contributed by atoms with Crippen molar-refractivity contribution in [3.8, 4) is 0 Å². The summed E-state index contributed by atoms with van der Waals surface area (Å²) in [5, 5.41) is 0. The minimum Gasteiger partial charge on any atom is -0.298 e. The van der Waals surface area contributed by atoms with Gasteiger partial charge in [-0.15, -0.1) is 0 Å². The summed E-state index contributed by atoms with van der Waals surface area (Å²) in [6, 6.07) is 9.45. The summed E-state index contributed by atoms with van der Waals surface area (Å²) in [6.07, 6.45) is 5.12. The molecule has 26 heavy (non-hydrogen) atoms. The number of hydrogen-bond donors (Lipinski definition) is 0. The minimum atomic E-state index is -3.47. The normalized spacial score (nSPS) is 17.2. The number of rotatable bonds is 5. The number of aryl methyl sites for hydroxylation is 1. The molecule has 1 aromatic heterocycles. The van der Waals surface area contributed by atoms with E-state index in [2.05, 4.69) is 25.8 Å². The maximum atomic E-state index is 13.2. The van der Waals surface area contributed by atoms with Crippen molar-refractivity contribution in [2.24, 2.45) is 0 Å². The molecule has 7 heteroatoms. The second-order valence-electron chi connectivity index (χ2n) is 6.49. The highest BCUT2D eigenvalue weighted by Gasteiger charge is 2.28. The van der Waals surface area contributed by atoms with Crippen molar-refractivity contribution in [3.63, 3.8) is 0 Å². The Morgan fingerprint density at radius 2 is 1.85 bits per heavy atom. The Morgan fingerprint density at radius 1 is 1.08 bits per heavy atom. The highest BCUT2D eigenvalue weighted by molar-refractivity contribution is 9.10. The van der Waals surface area contributed by atoms with Crippen LogP contribution in [0.3, 0.4) is 0 Å². The van der Waals surface area contributed by atoms with Gasteiger partial charge in [0.05, 0.1) is 4.90 Å². The number of hydrogen-bond acceptors (Lipinski definition) is 4. The predicted molar refractivity (Wildman–Crippen MR) is 106 cm³/mol. The molecule has 140 valence electrons. The van der Waals surface area contributed by atoms with Crippen LogP contribution in [0, 0.1) is 0 Å². The Balaban J connectivity index is 1.74. The van der Waals surface area contributed by atoms with Crippen molar-refractivity contribution >= 4 is 26.0 Å². The van der Waals surface area contributed by atoms with Gasteiger partial charge in [0.1, 0.15) is 0 Å². The van der Waals surface area contributed by atoms with E-state index in [1.54, 1.807) is 28.8 Å². The topological polar surface area (TPSA) is 53.5 Å². The molecule has 0 amide bonds. The van der Waals surface area contributed by atoms with Crippen LogP contribution < -0.4 is 0 Å². The number of sulfonamides is 1. The molecule has 0 atom stereocenters. The van der Waals surface area contributed by atoms with Gasteiger partial charge in [-0.1, -0.05) is 22.9 Å². The molecule has 0 unspecified atom stereocenters. The van der Waals surface area contributed by atoms with Crippen LogP contribution in [0.2, 0.25) is 0 Å². The van der Waals surface area contributed by atoms with E-state index in [4.69, 9.17) is 0 Å². The molecule has 2 heterocycles. The van der Waals surface area contributed by atoms with Gasteiger partial charge in [0.2, 0.25) is 10.0 Å². The van der Waals surface area contributed by atoms with Crippen LogP contribution in [0.4, 0.5) is 0 Å². The quantitative estimate of drug-likeness (QED) is 0.719. The van der Waals surface area contributed by atoms with E-state index in [1.165, 1.54) is 5.56 Å². The van der Waals surface area contributed by atoms with Gasteiger partial charge in [-0.3, -0.25) is 9.88 Å². The van der Waals surface area contributed by atoms with Gasteiger partial charge in [-0.2, -0.15) is 4.31 Å². The fourth-order valence-corrected chi connectivity index (χ4v) is 5.46. The Labute approximate surface area is 164 Å². The SMILES string of the molecule is CCc1cc(Br)ccc1S(=O)(=O)N1CCCN(Cc2ccncc2)CC1. The molecule has 1 aromatic carbocycles. The molecule has 1 aliphatic rings. The fraction of sp³-hybridized carbons (Fsp3) is 0.421. The summed E-state index contributed by atoms with van der Waals surface area (Å²) < 4.78 is 28.9. The second-order valence-corrected chi connectivity index (χ2v) is 9.32. The Morgan fingerprint density at radius 3 is 2.58 bits per heavy atom. The maximum absolute atomic E-state index is 13.2. The van der Waals surface area contributed by atoms with Crippen molar-refractivity contribution in [2.45, 2.75) is 31.2 Å². The standard InChI is InChI=1S/C19H24BrN3O2S/c1-2-17-14-18(20)4-5-19(17)26(24,25)23-11-3-10-22(12-13-23)15-16-6-8-21-9-7-16/h4-9,14H,2-3,10-13,15H2,1H3. The van der Waals surface area contributed by atoms with Gasteiger partial charge in [0.15, 0.2) is 0 Å². The molecule has 0 N–H and O–H groups in total. The van der Waals surface area contributed by atoms with E-state index < -0.39 is 10.0 Å². The lowest BCUT2D eigenvalue weighted by Crippen LogP contribution is -2.35. The first kappa shape index (κ1) is 19.5.